The van der Waals surface area contributed by atoms with Gasteiger partial charge in [-0.2, -0.15) is 0 Å². The highest BCUT2D eigenvalue weighted by molar-refractivity contribution is 5.89. The van der Waals surface area contributed by atoms with Crippen LogP contribution in [0.15, 0.2) is 0 Å². The van der Waals surface area contributed by atoms with Crippen molar-refractivity contribution in [2.24, 2.45) is 17.6 Å². The predicted molar refractivity (Wildman–Crippen MR) is 91.8 cm³/mol. The summed E-state index contributed by atoms with van der Waals surface area (Å²) in [4.78, 5) is 26.7. The lowest BCUT2D eigenvalue weighted by atomic mass is 9.83. The van der Waals surface area contributed by atoms with Gasteiger partial charge in [0.25, 0.3) is 0 Å². The summed E-state index contributed by atoms with van der Waals surface area (Å²) in [5, 5.41) is 3.15. The van der Waals surface area contributed by atoms with E-state index >= 15 is 0 Å². The van der Waals surface area contributed by atoms with Crippen molar-refractivity contribution in [1.29, 1.82) is 0 Å². The van der Waals surface area contributed by atoms with E-state index in [-0.39, 0.29) is 29.8 Å². The van der Waals surface area contributed by atoms with Crippen molar-refractivity contribution in [1.82, 2.24) is 10.2 Å². The molecule has 0 aromatic carbocycles. The zero-order valence-corrected chi connectivity index (χ0v) is 14.7. The van der Waals surface area contributed by atoms with Crippen molar-refractivity contribution in [3.05, 3.63) is 0 Å². The molecule has 132 valence electrons. The molecule has 5 heteroatoms. The third kappa shape index (κ3) is 4.46. The molecule has 1 saturated carbocycles. The molecule has 23 heavy (non-hydrogen) atoms. The first-order valence-corrected chi connectivity index (χ1v) is 9.40. The number of likely N-dealkylation sites (tertiary alicyclic amines) is 1. The van der Waals surface area contributed by atoms with Crippen LogP contribution in [0.4, 0.5) is 0 Å². The predicted octanol–water partition coefficient (Wildman–Crippen LogP) is 2.05. The van der Waals surface area contributed by atoms with Gasteiger partial charge in [0.15, 0.2) is 0 Å². The van der Waals surface area contributed by atoms with Gasteiger partial charge >= 0.3 is 0 Å². The van der Waals surface area contributed by atoms with Gasteiger partial charge in [-0.3, -0.25) is 9.59 Å². The van der Waals surface area contributed by atoms with E-state index in [2.05, 4.69) is 19.2 Å². The maximum atomic E-state index is 12.6. The monoisotopic (exact) mass is 323 g/mol. The topological polar surface area (TPSA) is 75.4 Å². The lowest BCUT2D eigenvalue weighted by Gasteiger charge is -2.31. The Balaban J connectivity index is 1.91. The Kier molecular flexibility index (Phi) is 6.88. The maximum absolute atomic E-state index is 12.6. The molecular formula is C18H33N3O2. The Morgan fingerprint density at radius 3 is 2.48 bits per heavy atom. The van der Waals surface area contributed by atoms with E-state index in [1.807, 2.05) is 4.90 Å². The molecule has 0 aromatic rings. The molecule has 0 bridgehead atoms. The highest BCUT2D eigenvalue weighted by Crippen LogP contribution is 2.27. The molecule has 1 aliphatic carbocycles. The van der Waals surface area contributed by atoms with Gasteiger partial charge < -0.3 is 16.0 Å². The molecule has 2 fully saturated rings. The molecule has 0 radical (unpaired) electrons. The van der Waals surface area contributed by atoms with Crippen LogP contribution in [-0.4, -0.2) is 41.9 Å². The minimum Gasteiger partial charge on any atom is -0.352 e. The molecule has 2 unspecified atom stereocenters. The van der Waals surface area contributed by atoms with Crippen molar-refractivity contribution in [3.8, 4) is 0 Å². The van der Waals surface area contributed by atoms with Crippen LogP contribution < -0.4 is 11.1 Å². The number of hydrogen-bond donors (Lipinski definition) is 2. The van der Waals surface area contributed by atoms with Crippen molar-refractivity contribution in [2.45, 2.75) is 77.3 Å². The highest BCUT2D eigenvalue weighted by Gasteiger charge is 2.38. The zero-order valence-electron chi connectivity index (χ0n) is 14.7. The van der Waals surface area contributed by atoms with Gasteiger partial charge in [0.05, 0.1) is 5.92 Å². The summed E-state index contributed by atoms with van der Waals surface area (Å²) >= 11 is 0. The normalized spacial score (nSPS) is 24.3. The molecule has 1 aliphatic heterocycles. The standard InChI is InChI=1S/C18H33N3O2/c1-3-15(4-2)21-12-14(10-17(21)22)18(23)20-16(11-19)13-8-6-5-7-9-13/h13-16H,3-12,19H2,1-2H3,(H,20,23). The second-order valence-corrected chi connectivity index (χ2v) is 7.17. The summed E-state index contributed by atoms with van der Waals surface area (Å²) in [6.45, 7) is 5.26. The Hall–Kier alpha value is -1.10. The molecule has 0 aromatic heterocycles. The largest absolute Gasteiger partial charge is 0.352 e. The fourth-order valence-electron chi connectivity index (χ4n) is 4.20. The van der Waals surface area contributed by atoms with Crippen molar-refractivity contribution in [2.75, 3.05) is 13.1 Å². The summed E-state index contributed by atoms with van der Waals surface area (Å²) < 4.78 is 0. The molecule has 2 aliphatic rings. The maximum Gasteiger partial charge on any atom is 0.225 e. The van der Waals surface area contributed by atoms with Crippen LogP contribution in [0.25, 0.3) is 0 Å². The first kappa shape index (κ1) is 18.2. The van der Waals surface area contributed by atoms with E-state index in [4.69, 9.17) is 5.73 Å². The summed E-state index contributed by atoms with van der Waals surface area (Å²) in [5.41, 5.74) is 5.90. The van der Waals surface area contributed by atoms with Gasteiger partial charge in [0.1, 0.15) is 0 Å². The van der Waals surface area contributed by atoms with E-state index < -0.39 is 0 Å². The van der Waals surface area contributed by atoms with Crippen molar-refractivity contribution in [3.63, 3.8) is 0 Å². The number of amides is 2. The quantitative estimate of drug-likeness (QED) is 0.753. The molecule has 3 N–H and O–H groups in total. The molecule has 1 saturated heterocycles. The van der Waals surface area contributed by atoms with Crippen molar-refractivity contribution < 1.29 is 9.59 Å². The van der Waals surface area contributed by atoms with Gasteiger partial charge in [-0.15, -0.1) is 0 Å². The molecular weight excluding hydrogens is 290 g/mol. The van der Waals surface area contributed by atoms with Crippen LogP contribution in [0.3, 0.4) is 0 Å². The number of nitrogens with two attached hydrogens (primary N) is 1. The van der Waals surface area contributed by atoms with E-state index in [0.717, 1.165) is 25.7 Å². The average Bonchev–Trinajstić information content (AvgIpc) is 2.96. The van der Waals surface area contributed by atoms with Gasteiger partial charge in [-0.1, -0.05) is 33.1 Å². The van der Waals surface area contributed by atoms with E-state index in [1.54, 1.807) is 0 Å². The molecule has 1 heterocycles. The molecule has 2 rings (SSSR count). The Labute approximate surface area is 140 Å². The number of carbonyl (C=O) groups excluding carboxylic acids is 2. The van der Waals surface area contributed by atoms with Crippen LogP contribution in [0.5, 0.6) is 0 Å². The van der Waals surface area contributed by atoms with Crippen molar-refractivity contribution >= 4 is 11.8 Å². The fraction of sp³-hybridized carbons (Fsp3) is 0.889. The average molecular weight is 323 g/mol. The summed E-state index contributed by atoms with van der Waals surface area (Å²) in [7, 11) is 0. The molecule has 2 amide bonds. The van der Waals surface area contributed by atoms with E-state index in [9.17, 15) is 9.59 Å². The van der Waals surface area contributed by atoms with Crippen LogP contribution >= 0.6 is 0 Å². The Bertz CT molecular complexity index is 403. The smallest absolute Gasteiger partial charge is 0.225 e. The number of nitrogens with one attached hydrogen (secondary N) is 1. The minimum atomic E-state index is -0.208. The number of carbonyl (C=O) groups is 2. The number of nitrogens with zero attached hydrogens (tertiary/aromatic N) is 1. The van der Waals surface area contributed by atoms with Crippen LogP contribution in [0.1, 0.15) is 65.2 Å². The van der Waals surface area contributed by atoms with Gasteiger partial charge in [-0.05, 0) is 31.6 Å². The van der Waals surface area contributed by atoms with E-state index in [1.165, 1.54) is 19.3 Å². The number of rotatable bonds is 7. The summed E-state index contributed by atoms with van der Waals surface area (Å²) in [5.74, 6) is 0.444. The van der Waals surface area contributed by atoms with Gasteiger partial charge in [-0.25, -0.2) is 0 Å². The number of hydrogen-bond acceptors (Lipinski definition) is 3. The minimum absolute atomic E-state index is 0.0211. The SMILES string of the molecule is CCC(CC)N1CC(C(=O)NC(CN)C2CCCCC2)CC1=O. The fourth-order valence-corrected chi connectivity index (χ4v) is 4.20. The summed E-state index contributed by atoms with van der Waals surface area (Å²) in [6.07, 6.45) is 8.34. The molecule has 5 nitrogen and oxygen atoms in total. The second kappa shape index (κ2) is 8.67. The molecule has 2 atom stereocenters. The summed E-state index contributed by atoms with van der Waals surface area (Å²) in [6, 6.07) is 0.337. The van der Waals surface area contributed by atoms with Crippen LogP contribution in [0, 0.1) is 11.8 Å². The lowest BCUT2D eigenvalue weighted by molar-refractivity contribution is -0.130. The Morgan fingerprint density at radius 2 is 1.91 bits per heavy atom. The third-order valence-electron chi connectivity index (χ3n) is 5.71. The van der Waals surface area contributed by atoms with E-state index in [0.29, 0.717) is 25.4 Å². The first-order valence-electron chi connectivity index (χ1n) is 9.40. The first-order chi connectivity index (χ1) is 11.1. The Morgan fingerprint density at radius 1 is 1.26 bits per heavy atom. The molecule has 0 spiro atoms. The third-order valence-corrected chi connectivity index (χ3v) is 5.71. The van der Waals surface area contributed by atoms with Gasteiger partial charge in [0.2, 0.25) is 11.8 Å². The van der Waals surface area contributed by atoms with Crippen LogP contribution in [-0.2, 0) is 9.59 Å². The zero-order chi connectivity index (χ0) is 16.8. The van der Waals surface area contributed by atoms with Crippen LogP contribution in [0.2, 0.25) is 0 Å². The second-order valence-electron chi connectivity index (χ2n) is 7.17. The lowest BCUT2D eigenvalue weighted by Crippen LogP contribution is -2.48. The van der Waals surface area contributed by atoms with Gasteiger partial charge in [0, 0.05) is 31.6 Å². The highest BCUT2D eigenvalue weighted by atomic mass is 16.2.